The molecule has 152 valence electrons. The van der Waals surface area contributed by atoms with Crippen LogP contribution in [0, 0.1) is 23.7 Å². The van der Waals surface area contributed by atoms with Gasteiger partial charge in [-0.1, -0.05) is 23.6 Å². The molecule has 5 nitrogen and oxygen atoms in total. The van der Waals surface area contributed by atoms with Crippen LogP contribution in [-0.2, 0) is 14.3 Å². The van der Waals surface area contributed by atoms with E-state index in [-0.39, 0.29) is 11.9 Å². The normalized spacial score (nSPS) is 15.4. The quantitative estimate of drug-likeness (QED) is 0.416. The molecule has 27 heavy (non-hydrogen) atoms. The zero-order valence-corrected chi connectivity index (χ0v) is 18.2. The van der Waals surface area contributed by atoms with Crippen LogP contribution >= 0.6 is 0 Å². The number of carbonyl (C=O) groups is 2. The molecular formula is C22H35NO4. The topological polar surface area (TPSA) is 64.6 Å². The molecule has 1 amide bonds. The van der Waals surface area contributed by atoms with Gasteiger partial charge in [0.1, 0.15) is 11.7 Å². The lowest BCUT2D eigenvalue weighted by Gasteiger charge is -2.26. The van der Waals surface area contributed by atoms with E-state index in [0.717, 1.165) is 11.1 Å². The van der Waals surface area contributed by atoms with Gasteiger partial charge in [0.15, 0.2) is 0 Å². The summed E-state index contributed by atoms with van der Waals surface area (Å²) in [6.07, 6.45) is 8.31. The third kappa shape index (κ3) is 10.5. The molecule has 0 fully saturated rings. The maximum absolute atomic E-state index is 12.2. The van der Waals surface area contributed by atoms with Crippen molar-refractivity contribution >= 4 is 12.1 Å². The molecule has 0 rings (SSSR count). The van der Waals surface area contributed by atoms with Crippen molar-refractivity contribution in [2.24, 2.45) is 11.3 Å². The number of hydrogen-bond donors (Lipinski definition) is 1. The summed E-state index contributed by atoms with van der Waals surface area (Å²) in [6, 6.07) is 0. The van der Waals surface area contributed by atoms with E-state index < -0.39 is 23.2 Å². The van der Waals surface area contributed by atoms with Crippen molar-refractivity contribution in [2.45, 2.75) is 74.0 Å². The molecule has 0 unspecified atom stereocenters. The first-order chi connectivity index (χ1) is 12.2. The first kappa shape index (κ1) is 24.8. The van der Waals surface area contributed by atoms with Gasteiger partial charge >= 0.3 is 12.1 Å². The fourth-order valence-electron chi connectivity index (χ4n) is 1.92. The van der Waals surface area contributed by atoms with Crippen LogP contribution in [-0.4, -0.2) is 30.3 Å². The Balaban J connectivity index is 5.06. The standard InChI is InChI=1S/C22H35NO4/c1-11-16(3)18(26-19(24)21(5,6)7)17(4)13-12-15(2)14-23-20(25)27-22(8,9)10/h1,12-13,16,18H,14H2,2-10H3,(H,23,25)/b15-12+,17-13+/t16-,18-/m0/s1. The smallest absolute Gasteiger partial charge is 0.407 e. The molecule has 5 heteroatoms. The van der Waals surface area contributed by atoms with Crippen LogP contribution in [0.25, 0.3) is 0 Å². The van der Waals surface area contributed by atoms with E-state index in [1.807, 2.05) is 53.7 Å². The van der Waals surface area contributed by atoms with E-state index in [0.29, 0.717) is 6.54 Å². The molecule has 0 radical (unpaired) electrons. The van der Waals surface area contributed by atoms with Crippen molar-refractivity contribution in [2.75, 3.05) is 6.54 Å². The number of alkyl carbamates (subject to hydrolysis) is 1. The molecule has 0 spiro atoms. The van der Waals surface area contributed by atoms with Gasteiger partial charge in [-0.15, -0.1) is 6.42 Å². The van der Waals surface area contributed by atoms with Crippen LogP contribution in [0.4, 0.5) is 4.79 Å². The number of rotatable bonds is 6. The number of ether oxygens (including phenoxy) is 2. The molecule has 0 saturated carbocycles. The average Bonchev–Trinajstić information content (AvgIpc) is 2.52. The Bertz CT molecular complexity index is 624. The third-order valence-electron chi connectivity index (χ3n) is 3.55. The zero-order chi connectivity index (χ0) is 21.4. The maximum atomic E-state index is 12.2. The first-order valence-electron chi connectivity index (χ1n) is 9.15. The van der Waals surface area contributed by atoms with E-state index in [4.69, 9.17) is 15.9 Å². The Morgan fingerprint density at radius 2 is 1.67 bits per heavy atom. The highest BCUT2D eigenvalue weighted by Gasteiger charge is 2.29. The van der Waals surface area contributed by atoms with Crippen molar-refractivity contribution in [3.05, 3.63) is 23.3 Å². The predicted octanol–water partition coefficient (Wildman–Crippen LogP) is 4.63. The summed E-state index contributed by atoms with van der Waals surface area (Å²) in [6.45, 7) is 16.8. The SMILES string of the molecule is C#C[C@H](C)[C@H](OC(=O)C(C)(C)C)/C(C)=C/C=C(\C)CNC(=O)OC(C)(C)C. The molecule has 1 N–H and O–H groups in total. The lowest BCUT2D eigenvalue weighted by molar-refractivity contribution is -0.158. The minimum atomic E-state index is -0.601. The summed E-state index contributed by atoms with van der Waals surface area (Å²) >= 11 is 0. The average molecular weight is 378 g/mol. The Morgan fingerprint density at radius 1 is 1.11 bits per heavy atom. The molecule has 2 atom stereocenters. The number of carbonyl (C=O) groups excluding carboxylic acids is 2. The molecule has 0 saturated heterocycles. The second kappa shape index (κ2) is 10.2. The van der Waals surface area contributed by atoms with E-state index in [9.17, 15) is 9.59 Å². The van der Waals surface area contributed by atoms with Gasteiger partial charge in [0, 0.05) is 6.54 Å². The van der Waals surface area contributed by atoms with Crippen LogP contribution in [0.3, 0.4) is 0 Å². The number of amides is 1. The van der Waals surface area contributed by atoms with E-state index in [1.165, 1.54) is 0 Å². The molecule has 0 aliphatic heterocycles. The van der Waals surface area contributed by atoms with Crippen LogP contribution in [0.2, 0.25) is 0 Å². The van der Waals surface area contributed by atoms with Gasteiger partial charge in [0.05, 0.1) is 11.3 Å². The molecule has 0 aromatic heterocycles. The molecule has 0 heterocycles. The largest absolute Gasteiger partial charge is 0.456 e. The minimum absolute atomic E-state index is 0.249. The van der Waals surface area contributed by atoms with Crippen molar-refractivity contribution in [1.29, 1.82) is 0 Å². The minimum Gasteiger partial charge on any atom is -0.456 e. The summed E-state index contributed by atoms with van der Waals surface area (Å²) in [5.74, 6) is 2.09. The second-order valence-corrected chi connectivity index (χ2v) is 8.81. The fraction of sp³-hybridized carbons (Fsp3) is 0.636. The highest BCUT2D eigenvalue weighted by atomic mass is 16.6. The van der Waals surface area contributed by atoms with Gasteiger partial charge < -0.3 is 14.8 Å². The lowest BCUT2D eigenvalue weighted by Crippen LogP contribution is -2.33. The summed E-state index contributed by atoms with van der Waals surface area (Å²) in [7, 11) is 0. The maximum Gasteiger partial charge on any atom is 0.407 e. The van der Waals surface area contributed by atoms with Crippen LogP contribution in [0.1, 0.15) is 62.3 Å². The van der Waals surface area contributed by atoms with Gasteiger partial charge in [-0.25, -0.2) is 4.79 Å². The Morgan fingerprint density at radius 3 is 2.11 bits per heavy atom. The fourth-order valence-corrected chi connectivity index (χ4v) is 1.92. The number of esters is 1. The van der Waals surface area contributed by atoms with Crippen molar-refractivity contribution in [3.63, 3.8) is 0 Å². The molecule has 0 bridgehead atoms. The van der Waals surface area contributed by atoms with Crippen molar-refractivity contribution in [3.8, 4) is 12.3 Å². The number of terminal acetylenes is 1. The van der Waals surface area contributed by atoms with Crippen LogP contribution in [0.5, 0.6) is 0 Å². The summed E-state index contributed by atoms with van der Waals surface area (Å²) < 4.78 is 10.8. The number of nitrogens with one attached hydrogen (secondary N) is 1. The Labute approximate surface area is 164 Å². The first-order valence-corrected chi connectivity index (χ1v) is 9.15. The predicted molar refractivity (Wildman–Crippen MR) is 109 cm³/mol. The van der Waals surface area contributed by atoms with Crippen LogP contribution in [0.15, 0.2) is 23.3 Å². The van der Waals surface area contributed by atoms with Gasteiger partial charge in [-0.3, -0.25) is 4.79 Å². The van der Waals surface area contributed by atoms with Gasteiger partial charge in [0.2, 0.25) is 0 Å². The van der Waals surface area contributed by atoms with Gasteiger partial charge in [-0.2, -0.15) is 0 Å². The molecule has 0 aromatic carbocycles. The molecule has 0 aliphatic rings. The highest BCUT2D eigenvalue weighted by Crippen LogP contribution is 2.23. The number of allylic oxidation sites excluding steroid dienone is 2. The van der Waals surface area contributed by atoms with Crippen LogP contribution < -0.4 is 5.32 Å². The van der Waals surface area contributed by atoms with Crippen molar-refractivity contribution in [1.82, 2.24) is 5.32 Å². The summed E-state index contributed by atoms with van der Waals surface area (Å²) in [5.41, 5.74) is 0.632. The lowest BCUT2D eigenvalue weighted by atomic mass is 9.95. The van der Waals surface area contributed by atoms with Gasteiger partial charge in [0.25, 0.3) is 0 Å². The molecule has 0 aromatic rings. The monoisotopic (exact) mass is 377 g/mol. The highest BCUT2D eigenvalue weighted by molar-refractivity contribution is 5.75. The molecular weight excluding hydrogens is 342 g/mol. The molecule has 0 aliphatic carbocycles. The number of hydrogen-bond acceptors (Lipinski definition) is 4. The van der Waals surface area contributed by atoms with E-state index in [1.54, 1.807) is 20.8 Å². The third-order valence-corrected chi connectivity index (χ3v) is 3.55. The van der Waals surface area contributed by atoms with E-state index in [2.05, 4.69) is 11.2 Å². The Hall–Kier alpha value is -2.22. The Kier molecular flexibility index (Phi) is 9.36. The van der Waals surface area contributed by atoms with Gasteiger partial charge in [-0.05, 0) is 67.9 Å². The zero-order valence-electron chi connectivity index (χ0n) is 18.2. The summed E-state index contributed by atoms with van der Waals surface area (Å²) in [4.78, 5) is 23.9. The second-order valence-electron chi connectivity index (χ2n) is 8.81. The van der Waals surface area contributed by atoms with E-state index >= 15 is 0 Å². The summed E-state index contributed by atoms with van der Waals surface area (Å²) in [5, 5.41) is 2.70. The van der Waals surface area contributed by atoms with Crippen molar-refractivity contribution < 1.29 is 19.1 Å².